The van der Waals surface area contributed by atoms with Crippen LogP contribution in [0.3, 0.4) is 0 Å². The van der Waals surface area contributed by atoms with E-state index in [1.807, 2.05) is 4.57 Å². The number of hydrogen-bond donors (Lipinski definition) is 6. The lowest BCUT2D eigenvalue weighted by molar-refractivity contribution is -0.146. The maximum absolute atomic E-state index is 14.4. The third kappa shape index (κ3) is 11.3. The van der Waals surface area contributed by atoms with Crippen LogP contribution in [0.15, 0.2) is 69.4 Å². The Labute approximate surface area is 590 Å². The molecular weight excluding hydrogens is 1350 g/mol. The number of benzene rings is 3. The Hall–Kier alpha value is -10.4. The van der Waals surface area contributed by atoms with E-state index < -0.39 is 46.3 Å². The van der Waals surface area contributed by atoms with Crippen LogP contribution in [0.5, 0.6) is 0 Å². The molecule has 3 amide bonds. The molecule has 12 fully saturated rings. The number of nitrogens with zero attached hydrogens (tertiary/aromatic N) is 12. The molecule has 0 spiro atoms. The highest BCUT2D eigenvalue weighted by molar-refractivity contribution is 6.28. The number of nitrogens with two attached hydrogens (primary N) is 4. The van der Waals surface area contributed by atoms with Gasteiger partial charge in [-0.1, -0.05) is 0 Å². The molecule has 10 N–H and O–H groups in total. The molecule has 12 bridgehead atoms. The number of primary amides is 3. The van der Waals surface area contributed by atoms with Gasteiger partial charge in [0.25, 0.3) is 17.7 Å². The number of fused-ring (bicyclic) bond motifs is 3. The average molecular weight is 1430 g/mol. The molecule has 0 aliphatic heterocycles. The Morgan fingerprint density at radius 1 is 0.447 bits per heavy atom. The summed E-state index contributed by atoms with van der Waals surface area (Å²) in [5, 5.41) is 6.18. The van der Waals surface area contributed by atoms with Gasteiger partial charge in [0.15, 0.2) is 16.9 Å². The number of amides is 3. The van der Waals surface area contributed by atoms with Crippen LogP contribution in [0.2, 0.25) is 5.28 Å². The van der Waals surface area contributed by atoms with Crippen LogP contribution >= 0.6 is 11.6 Å². The van der Waals surface area contributed by atoms with E-state index in [4.69, 9.17) is 34.5 Å². The Kier molecular flexibility index (Phi) is 16.4. The molecule has 12 saturated carbocycles. The van der Waals surface area contributed by atoms with Gasteiger partial charge in [-0.2, -0.15) is 15.0 Å². The third-order valence-corrected chi connectivity index (χ3v) is 24.1. The van der Waals surface area contributed by atoms with Crippen molar-refractivity contribution in [3.63, 3.8) is 0 Å². The number of carbonyl (C=O) groups excluding carboxylic acids is 6. The quantitative estimate of drug-likeness (QED) is 0.0562. The van der Waals surface area contributed by atoms with Crippen molar-refractivity contribution in [3.05, 3.63) is 143 Å². The highest BCUT2D eigenvalue weighted by Gasteiger charge is 2.60. The second kappa shape index (κ2) is 24.7. The second-order valence-corrected chi connectivity index (χ2v) is 30.8. The van der Waals surface area contributed by atoms with E-state index in [2.05, 4.69) is 40.5 Å². The summed E-state index contributed by atoms with van der Waals surface area (Å²) in [5.41, 5.74) is 25.2. The number of aromatic nitrogens is 12. The van der Waals surface area contributed by atoms with Crippen molar-refractivity contribution in [2.45, 2.75) is 134 Å². The number of Topliss-reactive ketones (excluding diaryl/α,β-unsaturated/α-hetero) is 3. The lowest BCUT2D eigenvalue weighted by Gasteiger charge is -2.55. The predicted molar refractivity (Wildman–Crippen MR) is 373 cm³/mol. The lowest BCUT2D eigenvalue weighted by atomic mass is 9.52. The minimum atomic E-state index is -0.841. The largest absolute Gasteiger partial charge is 0.398 e. The van der Waals surface area contributed by atoms with Gasteiger partial charge in [-0.3, -0.25) is 56.2 Å². The van der Waals surface area contributed by atoms with Crippen molar-refractivity contribution in [2.75, 3.05) is 16.4 Å². The number of nitrogens with one attached hydrogen (secondary N) is 2. The Bertz CT molecular complexity index is 5130. The number of hydrogen-bond acceptors (Lipinski definition) is 18. The topological polar surface area (TPSA) is 389 Å². The van der Waals surface area contributed by atoms with Gasteiger partial charge in [0.05, 0.1) is 51.9 Å². The monoisotopic (exact) mass is 1430 g/mol. The first kappa shape index (κ1) is 68.4. The van der Waals surface area contributed by atoms with Crippen molar-refractivity contribution in [1.29, 1.82) is 0 Å². The molecule has 0 saturated heterocycles. The fourth-order valence-corrected chi connectivity index (χ4v) is 19.9. The molecule has 9 aromatic rings. The number of aryl methyl sites for hydroxylation is 6. The molecular formula is C72H76ClF3N18O9. The SMILES string of the molecule is Cc1cc(C(N)=O)c(F)cc1N.Cc1cc(C(N)=O)c(F)cc1Nc1ncc2c(n1)n(C13CC4CC(C1)C(=O)C(C4)C3)c(=O)n2C.Cc1cc(C(N)=O)c(F)cc1Nc1ncc2c(n1)n(C13CC4CC(C1)C(=O)C(C4)C3)c(=O)n2C.Cn1c(=O)n(C23CC4CC(C2)C(=O)C(C4)C3)c2nc(Cl)ncc21. The number of ketones is 3. The zero-order chi connectivity index (χ0) is 73.1. The van der Waals surface area contributed by atoms with Crippen LogP contribution in [0, 0.1) is 91.5 Å². The van der Waals surface area contributed by atoms with Crippen molar-refractivity contribution in [1.82, 2.24) is 57.3 Å². The van der Waals surface area contributed by atoms with Gasteiger partial charge in [-0.15, -0.1) is 0 Å². The first-order valence-corrected chi connectivity index (χ1v) is 34.9. The Balaban J connectivity index is 0.000000117. The van der Waals surface area contributed by atoms with E-state index in [1.165, 1.54) is 30.3 Å². The zero-order valence-electron chi connectivity index (χ0n) is 57.4. The highest BCUT2D eigenvalue weighted by atomic mass is 35.5. The van der Waals surface area contributed by atoms with Crippen molar-refractivity contribution >= 4 is 109 Å². The normalized spacial score (nSPS) is 27.2. The van der Waals surface area contributed by atoms with Gasteiger partial charge in [0.2, 0.25) is 17.2 Å². The maximum atomic E-state index is 14.4. The predicted octanol–water partition coefficient (Wildman–Crippen LogP) is 7.75. The first-order chi connectivity index (χ1) is 48.8. The zero-order valence-corrected chi connectivity index (χ0v) is 58.1. The van der Waals surface area contributed by atoms with Gasteiger partial charge in [0.1, 0.15) is 51.4 Å². The molecule has 0 radical (unpaired) electrons. The van der Waals surface area contributed by atoms with Crippen molar-refractivity contribution in [3.8, 4) is 0 Å². The van der Waals surface area contributed by atoms with Crippen molar-refractivity contribution < 1.29 is 41.9 Å². The van der Waals surface area contributed by atoms with E-state index in [0.717, 1.165) is 76.7 Å². The maximum Gasteiger partial charge on any atom is 0.330 e. The third-order valence-electron chi connectivity index (χ3n) is 24.0. The second-order valence-electron chi connectivity index (χ2n) is 30.4. The van der Waals surface area contributed by atoms with Gasteiger partial charge in [-0.25, -0.2) is 42.5 Å². The van der Waals surface area contributed by atoms with E-state index in [0.29, 0.717) is 128 Å². The summed E-state index contributed by atoms with van der Waals surface area (Å²) in [6.07, 6.45) is 17.4. The molecule has 6 unspecified atom stereocenters. The number of rotatable bonds is 10. The fraction of sp³-hybridized carbons (Fsp3) is 0.458. The molecule has 21 rings (SSSR count). The standard InChI is InChI=1S/2C24H25FN6O3.C16H17ClN4O2.C8H9FN2O/c2*1-11-3-15(20(26)33)16(25)6-17(11)28-22-27-10-18-21(29-22)31(23(34)30(18)2)24-7-12-4-13(8-24)19(32)14(5-12)9-24;1-20-11-7-18-14(17)19-13(11)21(15(20)23)16-4-8-2-9(5-16)12(22)10(3-8)6-16;1-4-2-5(8(11)12)6(9)3-7(4)10/h2*3,6,10,12-14H,4-5,7-9H2,1-2H3,(H2,26,33)(H,27,28,29);7-10H,2-6H2,1H3;2-3H,10H2,1H3,(H2,11,12). The van der Waals surface area contributed by atoms with E-state index in [9.17, 15) is 56.3 Å². The molecule has 103 heavy (non-hydrogen) atoms. The molecule has 3 aromatic carbocycles. The minimum Gasteiger partial charge on any atom is -0.398 e. The van der Waals surface area contributed by atoms with Crippen LogP contribution in [-0.4, -0.2) is 92.4 Å². The van der Waals surface area contributed by atoms with E-state index >= 15 is 0 Å². The summed E-state index contributed by atoms with van der Waals surface area (Å²) < 4.78 is 51.7. The minimum absolute atomic E-state index is 0.0160. The fourth-order valence-electron chi connectivity index (χ4n) is 19.8. The average Bonchev–Trinajstić information content (AvgIpc) is 1.66. The Morgan fingerprint density at radius 2 is 0.738 bits per heavy atom. The van der Waals surface area contributed by atoms with Crippen LogP contribution in [-0.2, 0) is 52.1 Å². The highest BCUT2D eigenvalue weighted by Crippen LogP contribution is 2.60. The van der Waals surface area contributed by atoms with Gasteiger partial charge < -0.3 is 33.6 Å². The molecule has 6 aromatic heterocycles. The summed E-state index contributed by atoms with van der Waals surface area (Å²) in [5.74, 6) is -1.34. The number of imidazole rings is 3. The van der Waals surface area contributed by atoms with Crippen LogP contribution in [0.25, 0.3) is 33.5 Å². The Morgan fingerprint density at radius 3 is 1.06 bits per heavy atom. The van der Waals surface area contributed by atoms with Gasteiger partial charge in [0, 0.05) is 73.7 Å². The molecule has 12 aliphatic rings. The number of carbonyl (C=O) groups is 6. The summed E-state index contributed by atoms with van der Waals surface area (Å²) in [6.45, 7) is 5.12. The van der Waals surface area contributed by atoms with Crippen LogP contribution in [0.4, 0.5) is 42.1 Å². The summed E-state index contributed by atoms with van der Waals surface area (Å²) in [7, 11) is 5.14. The number of anilines is 5. The van der Waals surface area contributed by atoms with Crippen LogP contribution < -0.4 is 50.6 Å². The molecule has 27 nitrogen and oxygen atoms in total. The molecule has 6 atom stereocenters. The summed E-state index contributed by atoms with van der Waals surface area (Å²) in [4.78, 5) is 137. The van der Waals surface area contributed by atoms with Gasteiger partial charge in [-0.05, 0) is 200 Å². The van der Waals surface area contributed by atoms with Crippen LogP contribution in [0.1, 0.15) is 144 Å². The first-order valence-electron chi connectivity index (χ1n) is 34.5. The van der Waals surface area contributed by atoms with Crippen molar-refractivity contribution in [2.24, 2.45) is 91.6 Å². The molecule has 6 heterocycles. The summed E-state index contributed by atoms with van der Waals surface area (Å²) >= 11 is 5.98. The van der Waals surface area contributed by atoms with E-state index in [1.54, 1.807) is 83.3 Å². The smallest absolute Gasteiger partial charge is 0.330 e. The number of nitrogen functional groups attached to an aromatic ring is 1. The van der Waals surface area contributed by atoms with E-state index in [-0.39, 0.29) is 92.0 Å². The molecule has 536 valence electrons. The molecule has 31 heteroatoms. The van der Waals surface area contributed by atoms with Gasteiger partial charge >= 0.3 is 17.1 Å². The summed E-state index contributed by atoms with van der Waals surface area (Å²) in [6, 6.07) is 7.56. The molecule has 12 aliphatic carbocycles. The lowest BCUT2D eigenvalue weighted by Crippen LogP contribution is -2.58. The number of halogens is 4.